The third-order valence-corrected chi connectivity index (χ3v) is 5.78. The van der Waals surface area contributed by atoms with Crippen LogP contribution in [-0.4, -0.2) is 5.43 Å². The molecule has 0 saturated carbocycles. The summed E-state index contributed by atoms with van der Waals surface area (Å²) in [5, 5.41) is 2.74. The molecule has 0 aromatic heterocycles. The van der Waals surface area contributed by atoms with Crippen molar-refractivity contribution in [2.45, 2.75) is 61.1 Å². The topological polar surface area (TPSA) is 0 Å². The minimum absolute atomic E-state index is 0. The fraction of sp³-hybridized carbons (Fsp3) is 0.367. The van der Waals surface area contributed by atoms with Crippen LogP contribution in [0.15, 0.2) is 77.4 Å². The summed E-state index contributed by atoms with van der Waals surface area (Å²) in [4.78, 5) is 0. The van der Waals surface area contributed by atoms with Gasteiger partial charge in [0.1, 0.15) is 0 Å². The van der Waals surface area contributed by atoms with Gasteiger partial charge in [-0.3, -0.25) is 6.08 Å². The first-order valence-electron chi connectivity index (χ1n) is 11.6. The molecule has 0 amide bonds. The Bertz CT molecular complexity index is 1100. The van der Waals surface area contributed by atoms with E-state index in [9.17, 15) is 0 Å². The van der Waals surface area contributed by atoms with E-state index in [1.807, 2.05) is 0 Å². The average molecular weight is 591 g/mol. The number of rotatable bonds is 3. The Labute approximate surface area is 235 Å². The van der Waals surface area contributed by atoms with Gasteiger partial charge in [-0.1, -0.05) is 82.5 Å². The second-order valence-electron chi connectivity index (χ2n) is 9.44. The van der Waals surface area contributed by atoms with Crippen molar-refractivity contribution in [3.05, 3.63) is 89.0 Å². The maximum Gasteiger partial charge on any atom is -0.147 e. The molecule has 0 fully saturated rings. The van der Waals surface area contributed by atoms with Gasteiger partial charge in [0.15, 0.2) is 0 Å². The standard InChI is InChI=1S/C19H19.C9H13.C2H6Si.2ClH.Zr/c1-14(2)11-15-12-17-9-6-10-18(19(17)13-15)16-7-4-3-5-8-16;1-6-5-7(2)9(4)8(6)3;1-3-2;;;/h3-10,12-14H,11H2,1-2H3;6H,1-4H3;1-2H3;2*1H;/q2*-1;;;;+2. The monoisotopic (exact) mass is 588 g/mol. The van der Waals surface area contributed by atoms with Gasteiger partial charge in [0.25, 0.3) is 0 Å². The number of benzene rings is 2. The first-order valence-corrected chi connectivity index (χ1v) is 17.8. The number of allylic oxidation sites excluding steroid dienone is 4. The molecule has 1 aliphatic carbocycles. The van der Waals surface area contributed by atoms with Gasteiger partial charge in [-0.05, 0) is 17.9 Å². The molecule has 3 aromatic carbocycles. The van der Waals surface area contributed by atoms with Crippen LogP contribution in [0.1, 0.15) is 47.1 Å². The minimum atomic E-state index is 0. The number of hydrogen-bond donors (Lipinski definition) is 0. The van der Waals surface area contributed by atoms with Crippen LogP contribution < -0.4 is 0 Å². The SMILES string of the molecule is CC(C)Cc1cc2c(-c3ccccc3)cccc2[cH-]1.CC1=[C-]C(C)C(C)=C1C.C[Si](C)=[Zr+2].Cl.Cl. The van der Waals surface area contributed by atoms with Gasteiger partial charge in [0.2, 0.25) is 0 Å². The molecule has 0 nitrogen and oxygen atoms in total. The van der Waals surface area contributed by atoms with Crippen molar-refractivity contribution in [3.63, 3.8) is 0 Å². The van der Waals surface area contributed by atoms with Crippen molar-refractivity contribution in [1.82, 2.24) is 0 Å². The van der Waals surface area contributed by atoms with Crippen LogP contribution in [-0.2, 0) is 29.8 Å². The molecule has 182 valence electrons. The smallest absolute Gasteiger partial charge is 0.147 e. The summed E-state index contributed by atoms with van der Waals surface area (Å²) in [6.45, 7) is 17.8. The fourth-order valence-electron chi connectivity index (χ4n) is 3.92. The molecule has 0 N–H and O–H groups in total. The van der Waals surface area contributed by atoms with Crippen LogP contribution in [0.2, 0.25) is 13.1 Å². The van der Waals surface area contributed by atoms with Gasteiger partial charge >= 0.3 is 41.9 Å². The zero-order valence-corrected chi connectivity index (χ0v) is 27.0. The van der Waals surface area contributed by atoms with Crippen molar-refractivity contribution < 1.29 is 23.3 Å². The summed E-state index contributed by atoms with van der Waals surface area (Å²) in [5.41, 5.74) is 8.55. The second kappa shape index (κ2) is 16.1. The van der Waals surface area contributed by atoms with Gasteiger partial charge in [-0.2, -0.15) is 17.2 Å². The summed E-state index contributed by atoms with van der Waals surface area (Å²) in [7, 11) is 0. The van der Waals surface area contributed by atoms with Gasteiger partial charge < -0.3 is 0 Å². The molecule has 4 rings (SSSR count). The van der Waals surface area contributed by atoms with E-state index in [2.05, 4.69) is 121 Å². The van der Waals surface area contributed by atoms with E-state index in [0.717, 1.165) is 6.42 Å². The zero-order valence-electron chi connectivity index (χ0n) is 22.0. The summed E-state index contributed by atoms with van der Waals surface area (Å²) in [6.07, 6.45) is 4.51. The molecular weight excluding hydrogens is 551 g/mol. The molecule has 0 heterocycles. The summed E-state index contributed by atoms with van der Waals surface area (Å²) in [5.74, 6) is 1.27. The molecular formula is C30H40Cl2SiZr. The summed E-state index contributed by atoms with van der Waals surface area (Å²) < 4.78 is 0. The van der Waals surface area contributed by atoms with Gasteiger partial charge in [0, 0.05) is 0 Å². The number of hydrogen-bond acceptors (Lipinski definition) is 0. The predicted molar refractivity (Wildman–Crippen MR) is 155 cm³/mol. The number of halogens is 2. The van der Waals surface area contributed by atoms with Gasteiger partial charge in [0.05, 0.1) is 0 Å². The first kappa shape index (κ1) is 33.2. The van der Waals surface area contributed by atoms with Crippen molar-refractivity contribution in [2.24, 2.45) is 11.8 Å². The maximum absolute atomic E-state index is 3.36. The fourth-order valence-corrected chi connectivity index (χ4v) is 3.92. The van der Waals surface area contributed by atoms with E-state index in [4.69, 9.17) is 0 Å². The van der Waals surface area contributed by atoms with Gasteiger partial charge in [-0.15, -0.1) is 66.3 Å². The Morgan fingerprint density at radius 1 is 0.971 bits per heavy atom. The van der Waals surface area contributed by atoms with Crippen molar-refractivity contribution in [3.8, 4) is 11.1 Å². The number of fused-ring (bicyclic) bond motifs is 1. The van der Waals surface area contributed by atoms with Crippen LogP contribution >= 0.6 is 24.8 Å². The molecule has 1 unspecified atom stereocenters. The molecule has 1 atom stereocenters. The van der Waals surface area contributed by atoms with E-state index < -0.39 is 0 Å². The second-order valence-corrected chi connectivity index (χ2v) is 18.8. The normalized spacial score (nSPS) is 14.3. The largest absolute Gasteiger partial charge is 0.147 e. The van der Waals surface area contributed by atoms with E-state index in [1.54, 1.807) is 23.3 Å². The molecule has 0 aliphatic heterocycles. The average Bonchev–Trinajstić information content (AvgIpc) is 3.23. The van der Waals surface area contributed by atoms with E-state index in [-0.39, 0.29) is 30.2 Å². The molecule has 1 aliphatic rings. The van der Waals surface area contributed by atoms with Crippen LogP contribution in [0.25, 0.3) is 21.9 Å². The molecule has 3 aromatic rings. The Morgan fingerprint density at radius 3 is 2.00 bits per heavy atom. The first-order chi connectivity index (χ1) is 15.1. The van der Waals surface area contributed by atoms with E-state index in [0.29, 0.717) is 11.8 Å². The zero-order chi connectivity index (χ0) is 23.8. The molecule has 4 heteroatoms. The molecule has 0 spiro atoms. The van der Waals surface area contributed by atoms with Crippen LogP contribution in [0.4, 0.5) is 0 Å². The maximum atomic E-state index is 3.36. The van der Waals surface area contributed by atoms with Crippen LogP contribution in [0, 0.1) is 17.9 Å². The quantitative estimate of drug-likeness (QED) is 0.210. The van der Waals surface area contributed by atoms with Crippen LogP contribution in [0.5, 0.6) is 0 Å². The molecule has 0 radical (unpaired) electrons. The molecule has 34 heavy (non-hydrogen) atoms. The van der Waals surface area contributed by atoms with Crippen molar-refractivity contribution in [2.75, 3.05) is 0 Å². The van der Waals surface area contributed by atoms with E-state index >= 15 is 0 Å². The Morgan fingerprint density at radius 2 is 1.56 bits per heavy atom. The summed E-state index contributed by atoms with van der Waals surface area (Å²) >= 11 is 1.74. The molecule has 0 bridgehead atoms. The van der Waals surface area contributed by atoms with Gasteiger partial charge in [-0.25, -0.2) is 5.57 Å². The summed E-state index contributed by atoms with van der Waals surface area (Å²) in [6, 6.07) is 21.9. The third kappa shape index (κ3) is 10.1. The van der Waals surface area contributed by atoms with Crippen LogP contribution in [0.3, 0.4) is 0 Å². The van der Waals surface area contributed by atoms with E-state index in [1.165, 1.54) is 44.2 Å². The predicted octanol–water partition coefficient (Wildman–Crippen LogP) is 9.77. The van der Waals surface area contributed by atoms with Crippen molar-refractivity contribution in [1.29, 1.82) is 0 Å². The third-order valence-electron chi connectivity index (χ3n) is 5.78. The minimum Gasteiger partial charge on any atom is -0.147 e. The van der Waals surface area contributed by atoms with Crippen molar-refractivity contribution >= 4 is 41.0 Å². The Hall–Kier alpha value is -0.790. The molecule has 0 saturated heterocycles. The Kier molecular flexibility index (Phi) is 15.7. The Balaban J connectivity index is 0.000000614.